The Hall–Kier alpha value is -2.57. The monoisotopic (exact) mass is 410 g/mol. The van der Waals surface area contributed by atoms with E-state index in [0.29, 0.717) is 22.5 Å². The molecule has 0 aliphatic carbocycles. The fourth-order valence-electron chi connectivity index (χ4n) is 3.17. The van der Waals surface area contributed by atoms with E-state index in [9.17, 15) is 4.79 Å². The number of hydrogen-bond donors (Lipinski definition) is 0. The molecule has 7 heteroatoms. The number of amides is 1. The second kappa shape index (κ2) is 7.81. The zero-order valence-corrected chi connectivity index (χ0v) is 17.2. The van der Waals surface area contributed by atoms with E-state index >= 15 is 0 Å². The molecule has 0 bridgehead atoms. The number of aromatic nitrogens is 3. The van der Waals surface area contributed by atoms with Gasteiger partial charge in [0.1, 0.15) is 0 Å². The molecule has 4 rings (SSSR count). The molecule has 28 heavy (non-hydrogen) atoms. The molecule has 2 heterocycles. The van der Waals surface area contributed by atoms with Crippen molar-refractivity contribution in [2.24, 2.45) is 0 Å². The standard InChI is InChI=1S/C21H19ClN4OS/c1-14-10-19-23-24-21(26(19)18-9-8-16(22)11-17(14)18)28-13-20(27)25(2)12-15-6-4-3-5-7-15/h3-11H,12-13H2,1-2H3. The molecule has 2 aromatic carbocycles. The maximum absolute atomic E-state index is 12.6. The predicted molar refractivity (Wildman–Crippen MR) is 114 cm³/mol. The molecule has 0 aliphatic heterocycles. The van der Waals surface area contributed by atoms with Crippen LogP contribution in [-0.4, -0.2) is 38.2 Å². The quantitative estimate of drug-likeness (QED) is 0.451. The number of nitrogens with zero attached hydrogens (tertiary/aromatic N) is 4. The van der Waals surface area contributed by atoms with Gasteiger partial charge in [-0.25, -0.2) is 0 Å². The molecule has 4 aromatic rings. The maximum atomic E-state index is 12.6. The predicted octanol–water partition coefficient (Wildman–Crippen LogP) is 4.60. The first-order chi connectivity index (χ1) is 13.5. The summed E-state index contributed by atoms with van der Waals surface area (Å²) in [6.07, 6.45) is 0. The Kier molecular flexibility index (Phi) is 5.24. The van der Waals surface area contributed by atoms with Crippen LogP contribution >= 0.6 is 23.4 Å². The lowest BCUT2D eigenvalue weighted by Gasteiger charge is -2.17. The van der Waals surface area contributed by atoms with Crippen molar-refractivity contribution in [1.29, 1.82) is 0 Å². The van der Waals surface area contributed by atoms with Crippen molar-refractivity contribution in [3.8, 4) is 0 Å². The number of pyridine rings is 1. The summed E-state index contributed by atoms with van der Waals surface area (Å²) in [5.74, 6) is 0.345. The Morgan fingerprint density at radius 1 is 1.14 bits per heavy atom. The van der Waals surface area contributed by atoms with E-state index in [-0.39, 0.29) is 5.91 Å². The number of halogens is 1. The number of fused-ring (bicyclic) bond motifs is 3. The largest absolute Gasteiger partial charge is 0.341 e. The Bertz CT molecular complexity index is 1160. The van der Waals surface area contributed by atoms with Crippen molar-refractivity contribution in [3.05, 3.63) is 70.7 Å². The average molecular weight is 411 g/mol. The van der Waals surface area contributed by atoms with Crippen molar-refractivity contribution in [3.63, 3.8) is 0 Å². The van der Waals surface area contributed by atoms with Crippen LogP contribution in [0.3, 0.4) is 0 Å². The molecule has 0 N–H and O–H groups in total. The summed E-state index contributed by atoms with van der Waals surface area (Å²) in [6.45, 7) is 2.61. The molecule has 5 nitrogen and oxygen atoms in total. The molecule has 1 amide bonds. The Labute approximate surface area is 172 Å². The lowest BCUT2D eigenvalue weighted by atomic mass is 10.1. The van der Waals surface area contributed by atoms with Crippen molar-refractivity contribution >= 4 is 45.8 Å². The molecule has 0 radical (unpaired) electrons. The number of carbonyl (C=O) groups excluding carboxylic acids is 1. The van der Waals surface area contributed by atoms with Gasteiger partial charge in [-0.3, -0.25) is 9.20 Å². The molecule has 0 saturated carbocycles. The average Bonchev–Trinajstić information content (AvgIpc) is 3.09. The first kappa shape index (κ1) is 18.8. The summed E-state index contributed by atoms with van der Waals surface area (Å²) in [7, 11) is 1.82. The van der Waals surface area contributed by atoms with E-state index in [2.05, 4.69) is 10.2 Å². The van der Waals surface area contributed by atoms with Crippen LogP contribution in [0.15, 0.2) is 59.8 Å². The van der Waals surface area contributed by atoms with Crippen LogP contribution in [0.1, 0.15) is 11.1 Å². The van der Waals surface area contributed by atoms with Crippen molar-refractivity contribution < 1.29 is 4.79 Å². The lowest BCUT2D eigenvalue weighted by molar-refractivity contribution is -0.127. The van der Waals surface area contributed by atoms with Gasteiger partial charge in [0, 0.05) is 24.0 Å². The van der Waals surface area contributed by atoms with Gasteiger partial charge in [0.25, 0.3) is 0 Å². The minimum atomic E-state index is 0.0464. The third-order valence-electron chi connectivity index (χ3n) is 4.64. The van der Waals surface area contributed by atoms with Crippen molar-refractivity contribution in [2.45, 2.75) is 18.6 Å². The third kappa shape index (κ3) is 3.70. The molecular formula is C21H19ClN4OS. The van der Waals surface area contributed by atoms with E-state index in [1.54, 1.807) is 4.90 Å². The van der Waals surface area contributed by atoms with Gasteiger partial charge in [-0.1, -0.05) is 53.7 Å². The van der Waals surface area contributed by atoms with Gasteiger partial charge >= 0.3 is 0 Å². The third-order valence-corrected chi connectivity index (χ3v) is 5.79. The fraction of sp³-hybridized carbons (Fsp3) is 0.190. The second-order valence-corrected chi connectivity index (χ2v) is 8.07. The summed E-state index contributed by atoms with van der Waals surface area (Å²) in [4.78, 5) is 14.3. The van der Waals surface area contributed by atoms with Crippen LogP contribution < -0.4 is 0 Å². The van der Waals surface area contributed by atoms with Gasteiger partial charge in [0.15, 0.2) is 10.8 Å². The number of benzene rings is 2. The van der Waals surface area contributed by atoms with Crippen LogP contribution in [0, 0.1) is 6.92 Å². The number of aryl methyl sites for hydroxylation is 1. The SMILES string of the molecule is Cc1cc2nnc(SCC(=O)N(C)Cc3ccccc3)n2c2ccc(Cl)cc12. The number of thioether (sulfide) groups is 1. The smallest absolute Gasteiger partial charge is 0.233 e. The van der Waals surface area contributed by atoms with E-state index in [0.717, 1.165) is 27.7 Å². The van der Waals surface area contributed by atoms with Crippen molar-refractivity contribution in [1.82, 2.24) is 19.5 Å². The Morgan fingerprint density at radius 3 is 2.71 bits per heavy atom. The van der Waals surface area contributed by atoms with Crippen molar-refractivity contribution in [2.75, 3.05) is 12.8 Å². The van der Waals surface area contributed by atoms with Gasteiger partial charge in [-0.05, 0) is 42.3 Å². The zero-order chi connectivity index (χ0) is 19.7. The van der Waals surface area contributed by atoms with Crippen LogP contribution in [0.25, 0.3) is 16.6 Å². The molecule has 142 valence electrons. The molecule has 0 unspecified atom stereocenters. The topological polar surface area (TPSA) is 50.5 Å². The van der Waals surface area contributed by atoms with Gasteiger partial charge in [-0.2, -0.15) is 0 Å². The Morgan fingerprint density at radius 2 is 1.93 bits per heavy atom. The molecule has 0 aliphatic rings. The van der Waals surface area contributed by atoms with Gasteiger partial charge in [0.2, 0.25) is 5.91 Å². The molecule has 0 atom stereocenters. The minimum Gasteiger partial charge on any atom is -0.341 e. The fourth-order valence-corrected chi connectivity index (χ4v) is 4.23. The highest BCUT2D eigenvalue weighted by atomic mass is 35.5. The highest BCUT2D eigenvalue weighted by Gasteiger charge is 2.15. The zero-order valence-electron chi connectivity index (χ0n) is 15.6. The number of hydrogen-bond acceptors (Lipinski definition) is 4. The minimum absolute atomic E-state index is 0.0464. The highest BCUT2D eigenvalue weighted by molar-refractivity contribution is 7.99. The molecule has 2 aromatic heterocycles. The first-order valence-electron chi connectivity index (χ1n) is 8.87. The van der Waals surface area contributed by atoms with E-state index in [1.165, 1.54) is 11.8 Å². The summed E-state index contributed by atoms with van der Waals surface area (Å²) in [5, 5.41) is 11.0. The number of carbonyl (C=O) groups is 1. The van der Waals surface area contributed by atoms with Gasteiger partial charge in [0.05, 0.1) is 11.3 Å². The normalized spacial score (nSPS) is 11.2. The first-order valence-corrected chi connectivity index (χ1v) is 10.2. The second-order valence-electron chi connectivity index (χ2n) is 6.69. The van der Waals surface area contributed by atoms with E-state index in [1.807, 2.05) is 73.0 Å². The molecule has 0 saturated heterocycles. The van der Waals surface area contributed by atoms with Gasteiger partial charge < -0.3 is 4.90 Å². The van der Waals surface area contributed by atoms with E-state index < -0.39 is 0 Å². The molecule has 0 spiro atoms. The summed E-state index contributed by atoms with van der Waals surface area (Å²) in [5.41, 5.74) is 3.94. The summed E-state index contributed by atoms with van der Waals surface area (Å²) >= 11 is 7.56. The van der Waals surface area contributed by atoms with Crippen LogP contribution in [-0.2, 0) is 11.3 Å². The van der Waals surface area contributed by atoms with Gasteiger partial charge in [-0.15, -0.1) is 10.2 Å². The van der Waals surface area contributed by atoms with Crippen LogP contribution in [0.5, 0.6) is 0 Å². The summed E-state index contributed by atoms with van der Waals surface area (Å²) < 4.78 is 1.98. The van der Waals surface area contributed by atoms with E-state index in [4.69, 9.17) is 11.6 Å². The lowest BCUT2D eigenvalue weighted by Crippen LogP contribution is -2.27. The Balaban J connectivity index is 1.56. The number of rotatable bonds is 5. The molecular weight excluding hydrogens is 392 g/mol. The van der Waals surface area contributed by atoms with Crippen LogP contribution in [0.2, 0.25) is 5.02 Å². The highest BCUT2D eigenvalue weighted by Crippen LogP contribution is 2.28. The maximum Gasteiger partial charge on any atom is 0.233 e. The van der Waals surface area contributed by atoms with Crippen LogP contribution in [0.4, 0.5) is 0 Å². The molecule has 0 fully saturated rings. The summed E-state index contributed by atoms with van der Waals surface area (Å²) in [6, 6.07) is 17.7.